The van der Waals surface area contributed by atoms with Crippen LogP contribution < -0.4 is 0 Å². The zero-order chi connectivity index (χ0) is 17.7. The van der Waals surface area contributed by atoms with Crippen LogP contribution >= 0.6 is 0 Å². The molecule has 0 atom stereocenters. The van der Waals surface area contributed by atoms with Gasteiger partial charge in [0.1, 0.15) is 0 Å². The molecule has 3 aromatic carbocycles. The highest BCUT2D eigenvalue weighted by atomic mass is 14.7. The number of nitriles is 1. The van der Waals surface area contributed by atoms with Gasteiger partial charge in [0.2, 0.25) is 0 Å². The maximum absolute atomic E-state index is 9.28. The van der Waals surface area contributed by atoms with E-state index in [2.05, 4.69) is 30.3 Å². The van der Waals surface area contributed by atoms with Gasteiger partial charge in [-0.15, -0.1) is 0 Å². The van der Waals surface area contributed by atoms with E-state index >= 15 is 0 Å². The van der Waals surface area contributed by atoms with E-state index in [1.807, 2.05) is 74.5 Å². The Morgan fingerprint density at radius 3 is 1.68 bits per heavy atom. The quantitative estimate of drug-likeness (QED) is 0.571. The molecular weight excluding hydrogens is 304 g/mol. The van der Waals surface area contributed by atoms with Gasteiger partial charge >= 0.3 is 0 Å². The summed E-state index contributed by atoms with van der Waals surface area (Å²) < 4.78 is 0. The molecule has 0 aromatic heterocycles. The molecule has 0 spiro atoms. The van der Waals surface area contributed by atoms with Crippen LogP contribution in [0.5, 0.6) is 0 Å². The van der Waals surface area contributed by atoms with E-state index < -0.39 is 5.41 Å². The van der Waals surface area contributed by atoms with Crippen LogP contribution in [0.2, 0.25) is 0 Å². The minimum atomic E-state index is -0.496. The molecule has 0 aliphatic rings. The van der Waals surface area contributed by atoms with Crippen molar-refractivity contribution in [3.05, 3.63) is 102 Å². The second-order valence-electron chi connectivity index (χ2n) is 6.48. The van der Waals surface area contributed by atoms with Crippen molar-refractivity contribution in [1.82, 2.24) is 0 Å². The van der Waals surface area contributed by atoms with Crippen LogP contribution in [-0.2, 0) is 5.41 Å². The van der Waals surface area contributed by atoms with Gasteiger partial charge in [-0.1, -0.05) is 72.8 Å². The SMILES string of the molecule is CC(C)(C#N)c1ccc(N=C(c2ccccc2)c2ccccc2)cc1. The van der Waals surface area contributed by atoms with Crippen molar-refractivity contribution in [3.8, 4) is 6.07 Å². The van der Waals surface area contributed by atoms with E-state index in [0.717, 1.165) is 28.1 Å². The lowest BCUT2D eigenvalue weighted by Gasteiger charge is -2.15. The fourth-order valence-corrected chi connectivity index (χ4v) is 2.63. The smallest absolute Gasteiger partial charge is 0.0781 e. The van der Waals surface area contributed by atoms with Gasteiger partial charge in [0.05, 0.1) is 22.9 Å². The molecule has 0 radical (unpaired) electrons. The third-order valence-electron chi connectivity index (χ3n) is 4.20. The zero-order valence-electron chi connectivity index (χ0n) is 14.5. The second kappa shape index (κ2) is 7.15. The topological polar surface area (TPSA) is 36.1 Å². The minimum Gasteiger partial charge on any atom is -0.248 e. The Balaban J connectivity index is 2.04. The minimum absolute atomic E-state index is 0.496. The Labute approximate surface area is 149 Å². The molecular formula is C23H20N2. The third kappa shape index (κ3) is 3.84. The van der Waals surface area contributed by atoms with Gasteiger partial charge in [-0.3, -0.25) is 0 Å². The summed E-state index contributed by atoms with van der Waals surface area (Å²) in [6, 6.07) is 30.6. The predicted molar refractivity (Wildman–Crippen MR) is 103 cm³/mol. The highest BCUT2D eigenvalue weighted by Crippen LogP contribution is 2.25. The lowest BCUT2D eigenvalue weighted by atomic mass is 9.86. The Morgan fingerprint density at radius 2 is 1.24 bits per heavy atom. The molecule has 0 saturated carbocycles. The Morgan fingerprint density at radius 1 is 0.760 bits per heavy atom. The third-order valence-corrected chi connectivity index (χ3v) is 4.20. The van der Waals surface area contributed by atoms with E-state index in [-0.39, 0.29) is 0 Å². The van der Waals surface area contributed by atoms with E-state index in [4.69, 9.17) is 4.99 Å². The maximum Gasteiger partial charge on any atom is 0.0781 e. The fraction of sp³-hybridized carbons (Fsp3) is 0.130. The maximum atomic E-state index is 9.28. The molecule has 0 aliphatic carbocycles. The van der Waals surface area contributed by atoms with Crippen LogP contribution in [0.15, 0.2) is 89.9 Å². The van der Waals surface area contributed by atoms with Gasteiger partial charge in [-0.05, 0) is 31.5 Å². The standard InChI is InChI=1S/C23H20N2/c1-23(2,17-24)20-13-15-21(16-14-20)25-22(18-9-5-3-6-10-18)19-11-7-4-8-12-19/h3-16H,1-2H3. The molecule has 0 bridgehead atoms. The molecule has 122 valence electrons. The van der Waals surface area contributed by atoms with Gasteiger partial charge < -0.3 is 0 Å². The van der Waals surface area contributed by atoms with Gasteiger partial charge in [0.25, 0.3) is 0 Å². The highest BCUT2D eigenvalue weighted by molar-refractivity contribution is 6.13. The Hall–Kier alpha value is -3.18. The molecule has 0 saturated heterocycles. The van der Waals surface area contributed by atoms with Crippen LogP contribution in [0.25, 0.3) is 0 Å². The normalized spacial score (nSPS) is 10.8. The van der Waals surface area contributed by atoms with E-state index in [1.54, 1.807) is 0 Å². The molecule has 3 aromatic rings. The summed E-state index contributed by atoms with van der Waals surface area (Å²) in [4.78, 5) is 4.88. The molecule has 0 fully saturated rings. The molecule has 0 aliphatic heterocycles. The van der Waals surface area contributed by atoms with Crippen molar-refractivity contribution >= 4 is 11.4 Å². The van der Waals surface area contributed by atoms with E-state index in [9.17, 15) is 5.26 Å². The van der Waals surface area contributed by atoms with E-state index in [0.29, 0.717) is 0 Å². The van der Waals surface area contributed by atoms with Crippen molar-refractivity contribution in [2.45, 2.75) is 19.3 Å². The first kappa shape index (κ1) is 16.7. The largest absolute Gasteiger partial charge is 0.248 e. The first-order valence-electron chi connectivity index (χ1n) is 8.31. The van der Waals surface area contributed by atoms with Gasteiger partial charge in [0.15, 0.2) is 0 Å². The average Bonchev–Trinajstić information content (AvgIpc) is 2.68. The monoisotopic (exact) mass is 324 g/mol. The van der Waals surface area contributed by atoms with Crippen LogP contribution in [0, 0.1) is 11.3 Å². The van der Waals surface area contributed by atoms with E-state index in [1.165, 1.54) is 0 Å². The number of nitrogens with zero attached hydrogens (tertiary/aromatic N) is 2. The molecule has 0 amide bonds. The van der Waals surface area contributed by atoms with Gasteiger partial charge in [0, 0.05) is 11.1 Å². The lowest BCUT2D eigenvalue weighted by Crippen LogP contribution is -2.13. The van der Waals surface area contributed by atoms with Crippen LogP contribution in [0.1, 0.15) is 30.5 Å². The number of aliphatic imine (C=N–C) groups is 1. The second-order valence-corrected chi connectivity index (χ2v) is 6.48. The molecule has 3 rings (SSSR count). The summed E-state index contributed by atoms with van der Waals surface area (Å²) in [6.07, 6.45) is 0. The average molecular weight is 324 g/mol. The van der Waals surface area contributed by atoms with Crippen LogP contribution in [0.4, 0.5) is 5.69 Å². The van der Waals surface area contributed by atoms with Crippen molar-refractivity contribution in [1.29, 1.82) is 5.26 Å². The summed E-state index contributed by atoms with van der Waals surface area (Å²) >= 11 is 0. The van der Waals surface area contributed by atoms with Crippen LogP contribution in [0.3, 0.4) is 0 Å². The fourth-order valence-electron chi connectivity index (χ4n) is 2.63. The molecule has 0 unspecified atom stereocenters. The molecule has 0 N–H and O–H groups in total. The summed E-state index contributed by atoms with van der Waals surface area (Å²) in [5, 5.41) is 9.28. The number of rotatable bonds is 4. The summed E-state index contributed by atoms with van der Waals surface area (Å²) in [5.74, 6) is 0. The van der Waals surface area contributed by atoms with Gasteiger partial charge in [-0.2, -0.15) is 5.26 Å². The highest BCUT2D eigenvalue weighted by Gasteiger charge is 2.19. The number of hydrogen-bond acceptors (Lipinski definition) is 2. The molecule has 2 heteroatoms. The Bertz CT molecular complexity index is 858. The Kier molecular flexibility index (Phi) is 4.77. The first-order chi connectivity index (χ1) is 12.1. The first-order valence-corrected chi connectivity index (χ1v) is 8.31. The summed E-state index contributed by atoms with van der Waals surface area (Å²) in [7, 11) is 0. The van der Waals surface area contributed by atoms with Crippen molar-refractivity contribution in [2.75, 3.05) is 0 Å². The number of hydrogen-bond donors (Lipinski definition) is 0. The number of benzene rings is 3. The molecule has 2 nitrogen and oxygen atoms in total. The van der Waals surface area contributed by atoms with Crippen molar-refractivity contribution < 1.29 is 0 Å². The van der Waals surface area contributed by atoms with Gasteiger partial charge in [-0.25, -0.2) is 4.99 Å². The predicted octanol–water partition coefficient (Wildman–Crippen LogP) is 5.66. The van der Waals surface area contributed by atoms with Crippen molar-refractivity contribution in [3.63, 3.8) is 0 Å². The molecule has 0 heterocycles. The summed E-state index contributed by atoms with van der Waals surface area (Å²) in [5.41, 5.74) is 4.47. The lowest BCUT2D eigenvalue weighted by molar-refractivity contribution is 0.687. The molecule has 25 heavy (non-hydrogen) atoms. The van der Waals surface area contributed by atoms with Crippen molar-refractivity contribution in [2.24, 2.45) is 4.99 Å². The zero-order valence-corrected chi connectivity index (χ0v) is 14.5. The summed E-state index contributed by atoms with van der Waals surface area (Å²) in [6.45, 7) is 3.84. The van der Waals surface area contributed by atoms with Crippen LogP contribution in [-0.4, -0.2) is 5.71 Å².